The topological polar surface area (TPSA) is 86.0 Å². The lowest BCUT2D eigenvalue weighted by atomic mass is 9.91. The minimum atomic E-state index is -0.0987. The zero-order valence-corrected chi connectivity index (χ0v) is 16.9. The van der Waals surface area contributed by atoms with Crippen molar-refractivity contribution >= 4 is 5.82 Å². The fraction of sp³-hybridized carbons (Fsp3) is 0.455. The second kappa shape index (κ2) is 9.13. The summed E-state index contributed by atoms with van der Waals surface area (Å²) in [5.41, 5.74) is 1.18. The number of benzene rings is 1. The molecule has 152 valence electrons. The van der Waals surface area contributed by atoms with Gasteiger partial charge in [0.05, 0.1) is 0 Å². The number of ether oxygens (including phenoxy) is 1. The Bertz CT molecular complexity index is 906. The third kappa shape index (κ3) is 4.98. The lowest BCUT2D eigenvalue weighted by molar-refractivity contribution is 0.0570. The second-order valence-corrected chi connectivity index (χ2v) is 7.74. The van der Waals surface area contributed by atoms with E-state index in [1.54, 1.807) is 6.20 Å². The van der Waals surface area contributed by atoms with Gasteiger partial charge in [-0.2, -0.15) is 4.98 Å². The van der Waals surface area contributed by atoms with Gasteiger partial charge in [-0.1, -0.05) is 49.3 Å². The van der Waals surface area contributed by atoms with Crippen LogP contribution >= 0.6 is 0 Å². The summed E-state index contributed by atoms with van der Waals surface area (Å²) in [7, 11) is 0. The molecule has 3 aromatic rings. The van der Waals surface area contributed by atoms with Crippen LogP contribution in [-0.4, -0.2) is 33.3 Å². The molecule has 1 atom stereocenters. The van der Waals surface area contributed by atoms with Crippen molar-refractivity contribution < 1.29 is 9.26 Å². The van der Waals surface area contributed by atoms with E-state index in [0.717, 1.165) is 43.5 Å². The molecule has 29 heavy (non-hydrogen) atoms. The first-order valence-corrected chi connectivity index (χ1v) is 10.2. The average Bonchev–Trinajstić information content (AvgIpc) is 3.24. The van der Waals surface area contributed by atoms with Gasteiger partial charge in [-0.05, 0) is 30.4 Å². The number of anilines is 1. The van der Waals surface area contributed by atoms with Gasteiger partial charge >= 0.3 is 0 Å². The van der Waals surface area contributed by atoms with Crippen molar-refractivity contribution in [3.63, 3.8) is 0 Å². The monoisotopic (exact) mass is 393 g/mol. The molecule has 7 heteroatoms. The van der Waals surface area contributed by atoms with Crippen molar-refractivity contribution in [2.45, 2.75) is 45.1 Å². The second-order valence-electron chi connectivity index (χ2n) is 7.74. The molecule has 4 rings (SSSR count). The Hall–Kier alpha value is -2.80. The first-order valence-electron chi connectivity index (χ1n) is 10.2. The van der Waals surface area contributed by atoms with Gasteiger partial charge in [-0.3, -0.25) is 0 Å². The molecule has 1 saturated heterocycles. The van der Waals surface area contributed by atoms with E-state index in [9.17, 15) is 0 Å². The molecule has 1 aromatic carbocycles. The number of nitrogens with one attached hydrogen (secondary N) is 1. The standard InChI is InChI=1S/C22H27N5O2/c1-15(2)21-26-22(29-27-21)20(17-9-12-28-13-10-17)25-18-8-11-23-19(24-18)14-16-6-4-3-5-7-16/h3-8,11,15,17,20H,9-10,12-14H2,1-2H3,(H,23,24,25)/t20-/m1/s1. The summed E-state index contributed by atoms with van der Waals surface area (Å²) >= 11 is 0. The lowest BCUT2D eigenvalue weighted by Gasteiger charge is -2.29. The lowest BCUT2D eigenvalue weighted by Crippen LogP contribution is -2.27. The Morgan fingerprint density at radius 3 is 2.59 bits per heavy atom. The van der Waals surface area contributed by atoms with E-state index >= 15 is 0 Å². The highest BCUT2D eigenvalue weighted by Gasteiger charge is 2.30. The molecular weight excluding hydrogens is 366 g/mol. The molecule has 7 nitrogen and oxygen atoms in total. The van der Waals surface area contributed by atoms with Crippen molar-refractivity contribution in [1.82, 2.24) is 20.1 Å². The van der Waals surface area contributed by atoms with Crippen LogP contribution in [0.15, 0.2) is 47.1 Å². The van der Waals surface area contributed by atoms with Crippen LogP contribution in [0.4, 0.5) is 5.82 Å². The summed E-state index contributed by atoms with van der Waals surface area (Å²) in [6.07, 6.45) is 4.37. The first kappa shape index (κ1) is 19.5. The van der Waals surface area contributed by atoms with Crippen molar-refractivity contribution in [3.8, 4) is 0 Å². The van der Waals surface area contributed by atoms with Gasteiger partial charge in [0.1, 0.15) is 17.7 Å². The van der Waals surface area contributed by atoms with Crippen molar-refractivity contribution in [2.75, 3.05) is 18.5 Å². The Kier molecular flexibility index (Phi) is 6.14. The summed E-state index contributed by atoms with van der Waals surface area (Å²) in [5, 5.41) is 7.70. The van der Waals surface area contributed by atoms with E-state index in [2.05, 4.69) is 46.4 Å². The summed E-state index contributed by atoms with van der Waals surface area (Å²) in [4.78, 5) is 13.8. The zero-order valence-electron chi connectivity index (χ0n) is 16.9. The highest BCUT2D eigenvalue weighted by molar-refractivity contribution is 5.36. The van der Waals surface area contributed by atoms with Crippen LogP contribution in [0.25, 0.3) is 0 Å². The van der Waals surface area contributed by atoms with Gasteiger partial charge < -0.3 is 14.6 Å². The van der Waals surface area contributed by atoms with Crippen molar-refractivity contribution in [2.24, 2.45) is 5.92 Å². The van der Waals surface area contributed by atoms with Gasteiger partial charge in [-0.15, -0.1) is 0 Å². The third-order valence-electron chi connectivity index (χ3n) is 5.19. The normalized spacial score (nSPS) is 16.1. The fourth-order valence-corrected chi connectivity index (χ4v) is 3.54. The molecule has 1 fully saturated rings. The third-order valence-corrected chi connectivity index (χ3v) is 5.19. The number of rotatable bonds is 7. The SMILES string of the molecule is CC(C)c1noc([C@H](Nc2ccnc(Cc3ccccc3)n2)C2CCOCC2)n1. The molecule has 1 aliphatic heterocycles. The van der Waals surface area contributed by atoms with E-state index < -0.39 is 0 Å². The van der Waals surface area contributed by atoms with Crippen LogP contribution in [0, 0.1) is 5.92 Å². The van der Waals surface area contributed by atoms with Crippen LogP contribution in [0.2, 0.25) is 0 Å². The molecule has 0 bridgehead atoms. The maximum Gasteiger partial charge on any atom is 0.249 e. The van der Waals surface area contributed by atoms with E-state index in [-0.39, 0.29) is 12.0 Å². The quantitative estimate of drug-likeness (QED) is 0.645. The average molecular weight is 393 g/mol. The minimum Gasteiger partial charge on any atom is -0.381 e. The van der Waals surface area contributed by atoms with E-state index in [4.69, 9.17) is 14.2 Å². The highest BCUT2D eigenvalue weighted by Crippen LogP contribution is 2.32. The van der Waals surface area contributed by atoms with Gasteiger partial charge in [0.2, 0.25) is 5.89 Å². The summed E-state index contributed by atoms with van der Waals surface area (Å²) in [6, 6.07) is 12.0. The Morgan fingerprint density at radius 2 is 1.86 bits per heavy atom. The molecule has 3 heterocycles. The Labute approximate surface area is 170 Å². The molecule has 0 unspecified atom stereocenters. The fourth-order valence-electron chi connectivity index (χ4n) is 3.54. The largest absolute Gasteiger partial charge is 0.381 e. The highest BCUT2D eigenvalue weighted by atomic mass is 16.5. The predicted molar refractivity (Wildman–Crippen MR) is 110 cm³/mol. The Morgan fingerprint density at radius 1 is 1.07 bits per heavy atom. The molecule has 1 aliphatic rings. The van der Waals surface area contributed by atoms with Gasteiger partial charge in [0.15, 0.2) is 5.82 Å². The van der Waals surface area contributed by atoms with E-state index in [0.29, 0.717) is 18.2 Å². The summed E-state index contributed by atoms with van der Waals surface area (Å²) < 4.78 is 11.2. The molecule has 0 aliphatic carbocycles. The number of nitrogens with zero attached hydrogens (tertiary/aromatic N) is 4. The number of aromatic nitrogens is 4. The molecular formula is C22H27N5O2. The molecule has 2 aromatic heterocycles. The van der Waals surface area contributed by atoms with Crippen molar-refractivity contribution in [3.05, 3.63) is 65.7 Å². The van der Waals surface area contributed by atoms with Gasteiger partial charge in [0, 0.05) is 31.7 Å². The van der Waals surface area contributed by atoms with Gasteiger partial charge in [-0.25, -0.2) is 9.97 Å². The van der Waals surface area contributed by atoms with Crippen LogP contribution in [0.5, 0.6) is 0 Å². The molecule has 0 radical (unpaired) electrons. The number of hydrogen-bond donors (Lipinski definition) is 1. The van der Waals surface area contributed by atoms with E-state index in [1.165, 1.54) is 5.56 Å². The predicted octanol–water partition coefficient (Wildman–Crippen LogP) is 4.15. The summed E-state index contributed by atoms with van der Waals surface area (Å²) in [6.45, 7) is 5.62. The number of hydrogen-bond acceptors (Lipinski definition) is 7. The first-order chi connectivity index (χ1) is 14.2. The molecule has 1 N–H and O–H groups in total. The maximum absolute atomic E-state index is 5.63. The maximum atomic E-state index is 5.63. The molecule has 0 saturated carbocycles. The minimum absolute atomic E-state index is 0.0987. The smallest absolute Gasteiger partial charge is 0.249 e. The summed E-state index contributed by atoms with van der Waals surface area (Å²) in [5.74, 6) is 3.46. The van der Waals surface area contributed by atoms with E-state index in [1.807, 2.05) is 24.3 Å². The molecule has 0 amide bonds. The van der Waals surface area contributed by atoms with Crippen LogP contribution in [-0.2, 0) is 11.2 Å². The van der Waals surface area contributed by atoms with Crippen LogP contribution in [0.3, 0.4) is 0 Å². The van der Waals surface area contributed by atoms with Crippen molar-refractivity contribution in [1.29, 1.82) is 0 Å². The Balaban J connectivity index is 1.56. The molecule has 0 spiro atoms. The van der Waals surface area contributed by atoms with Crippen LogP contribution in [0.1, 0.15) is 61.8 Å². The zero-order chi connectivity index (χ0) is 20.1. The van der Waals surface area contributed by atoms with Gasteiger partial charge in [0.25, 0.3) is 0 Å². The van der Waals surface area contributed by atoms with Crippen LogP contribution < -0.4 is 5.32 Å².